The average Bonchev–Trinajstić information content (AvgIpc) is 3.04. The lowest BCUT2D eigenvalue weighted by atomic mass is 10.1. The van der Waals surface area contributed by atoms with E-state index in [2.05, 4.69) is 11.0 Å². The van der Waals surface area contributed by atoms with E-state index in [-0.39, 0.29) is 4.90 Å². The van der Waals surface area contributed by atoms with Crippen molar-refractivity contribution in [1.82, 2.24) is 8.87 Å². The molecule has 0 N–H and O–H groups in total. The Kier molecular flexibility index (Phi) is 3.83. The molecule has 1 aliphatic rings. The van der Waals surface area contributed by atoms with Gasteiger partial charge in [0.2, 0.25) is 0 Å². The second-order valence-electron chi connectivity index (χ2n) is 6.23. The van der Waals surface area contributed by atoms with Gasteiger partial charge in [-0.05, 0) is 61.5 Å². The van der Waals surface area contributed by atoms with Crippen molar-refractivity contribution in [2.75, 3.05) is 13.1 Å². The van der Waals surface area contributed by atoms with Gasteiger partial charge in [0.15, 0.2) is 0 Å². The Labute approximate surface area is 146 Å². The highest BCUT2D eigenvalue weighted by atomic mass is 32.2. The molecule has 0 amide bonds. The highest BCUT2D eigenvalue weighted by molar-refractivity contribution is 7.90. The molecule has 6 heteroatoms. The number of rotatable bonds is 4. The number of benzene rings is 2. The molecule has 1 saturated heterocycles. The molecule has 3 aromatic rings. The minimum absolute atomic E-state index is 0.178. The van der Waals surface area contributed by atoms with Crippen LogP contribution in [-0.2, 0) is 16.6 Å². The Morgan fingerprint density at radius 2 is 1.80 bits per heavy atom. The number of hydrogen-bond acceptors (Lipinski definition) is 4. The Balaban J connectivity index is 1.77. The Bertz CT molecular complexity index is 1070. The smallest absolute Gasteiger partial charge is 0.268 e. The van der Waals surface area contributed by atoms with E-state index in [1.165, 1.54) is 34.7 Å². The second kappa shape index (κ2) is 6.03. The normalized spacial score (nSPS) is 15.0. The van der Waals surface area contributed by atoms with Crippen LogP contribution in [0.4, 0.5) is 0 Å². The summed E-state index contributed by atoms with van der Waals surface area (Å²) in [6.45, 7) is 3.04. The molecule has 2 heterocycles. The minimum atomic E-state index is -3.69. The van der Waals surface area contributed by atoms with Crippen molar-refractivity contribution in [2.45, 2.75) is 17.9 Å². The molecule has 0 atom stereocenters. The van der Waals surface area contributed by atoms with Gasteiger partial charge in [-0.25, -0.2) is 12.4 Å². The van der Waals surface area contributed by atoms with E-state index in [9.17, 15) is 8.42 Å². The SMILES string of the molecule is N#Cc1ccc(S(=O)(=O)n2ccc3c(CN4CCC4)cccc32)cc1. The Hall–Kier alpha value is -2.62. The molecule has 0 bridgehead atoms. The van der Waals surface area contributed by atoms with Crippen LogP contribution in [0.25, 0.3) is 10.9 Å². The molecule has 25 heavy (non-hydrogen) atoms. The molecular formula is C19H17N3O2S. The molecule has 0 spiro atoms. The zero-order valence-corrected chi connectivity index (χ0v) is 14.4. The largest absolute Gasteiger partial charge is 0.299 e. The van der Waals surface area contributed by atoms with Crippen molar-refractivity contribution in [2.24, 2.45) is 0 Å². The molecular weight excluding hydrogens is 334 g/mol. The fourth-order valence-electron chi connectivity index (χ4n) is 3.15. The van der Waals surface area contributed by atoms with Gasteiger partial charge in [0.05, 0.1) is 22.0 Å². The van der Waals surface area contributed by atoms with Crippen molar-refractivity contribution in [3.63, 3.8) is 0 Å². The van der Waals surface area contributed by atoms with Crippen LogP contribution in [0.2, 0.25) is 0 Å². The quantitative estimate of drug-likeness (QED) is 0.725. The predicted octanol–water partition coefficient (Wildman–Crippen LogP) is 2.96. The Morgan fingerprint density at radius 1 is 1.04 bits per heavy atom. The van der Waals surface area contributed by atoms with Crippen LogP contribution in [0.1, 0.15) is 17.5 Å². The first-order valence-electron chi connectivity index (χ1n) is 8.17. The number of fused-ring (bicyclic) bond motifs is 1. The van der Waals surface area contributed by atoms with E-state index in [1.807, 2.05) is 24.3 Å². The fourth-order valence-corrected chi connectivity index (χ4v) is 4.50. The van der Waals surface area contributed by atoms with Crippen LogP contribution in [0.3, 0.4) is 0 Å². The summed E-state index contributed by atoms with van der Waals surface area (Å²) in [6, 6.07) is 15.7. The van der Waals surface area contributed by atoms with Crippen LogP contribution >= 0.6 is 0 Å². The molecule has 0 aliphatic carbocycles. The summed E-state index contributed by atoms with van der Waals surface area (Å²) in [6.07, 6.45) is 2.84. The summed E-state index contributed by atoms with van der Waals surface area (Å²) in [7, 11) is -3.69. The summed E-state index contributed by atoms with van der Waals surface area (Å²) in [5, 5.41) is 9.84. The molecule has 126 valence electrons. The fraction of sp³-hybridized carbons (Fsp3) is 0.211. The average molecular weight is 351 g/mol. The van der Waals surface area contributed by atoms with E-state index >= 15 is 0 Å². The molecule has 5 nitrogen and oxygen atoms in total. The highest BCUT2D eigenvalue weighted by Gasteiger charge is 2.21. The maximum Gasteiger partial charge on any atom is 0.268 e. The van der Waals surface area contributed by atoms with E-state index in [0.29, 0.717) is 11.1 Å². The maximum absolute atomic E-state index is 13.0. The summed E-state index contributed by atoms with van der Waals surface area (Å²) in [5.74, 6) is 0. The van der Waals surface area contributed by atoms with Gasteiger partial charge < -0.3 is 0 Å². The lowest BCUT2D eigenvalue weighted by Crippen LogP contribution is -2.36. The molecule has 2 aromatic carbocycles. The van der Waals surface area contributed by atoms with Gasteiger partial charge in [0.1, 0.15) is 0 Å². The minimum Gasteiger partial charge on any atom is -0.299 e. The van der Waals surface area contributed by atoms with Gasteiger partial charge in [-0.1, -0.05) is 12.1 Å². The van der Waals surface area contributed by atoms with E-state index < -0.39 is 10.0 Å². The van der Waals surface area contributed by atoms with Crippen LogP contribution in [-0.4, -0.2) is 30.4 Å². The van der Waals surface area contributed by atoms with E-state index in [0.717, 1.165) is 30.6 Å². The lowest BCUT2D eigenvalue weighted by molar-refractivity contribution is 0.173. The number of aromatic nitrogens is 1. The van der Waals surface area contributed by atoms with E-state index in [4.69, 9.17) is 5.26 Å². The first kappa shape index (κ1) is 15.9. The zero-order chi connectivity index (χ0) is 17.4. The topological polar surface area (TPSA) is 66.1 Å². The van der Waals surface area contributed by atoms with Crippen LogP contribution in [0.15, 0.2) is 59.6 Å². The van der Waals surface area contributed by atoms with Gasteiger partial charge in [-0.15, -0.1) is 0 Å². The summed E-state index contributed by atoms with van der Waals surface area (Å²) >= 11 is 0. The number of likely N-dealkylation sites (tertiary alicyclic amines) is 1. The number of nitrogens with zero attached hydrogens (tertiary/aromatic N) is 3. The molecule has 1 aromatic heterocycles. The lowest BCUT2D eigenvalue weighted by Gasteiger charge is -2.30. The molecule has 1 aliphatic heterocycles. The molecule has 0 unspecified atom stereocenters. The van der Waals surface area contributed by atoms with Gasteiger partial charge in [0, 0.05) is 18.1 Å². The van der Waals surface area contributed by atoms with Gasteiger partial charge in [0.25, 0.3) is 10.0 Å². The predicted molar refractivity (Wildman–Crippen MR) is 95.6 cm³/mol. The van der Waals surface area contributed by atoms with Gasteiger partial charge >= 0.3 is 0 Å². The third kappa shape index (κ3) is 2.72. The van der Waals surface area contributed by atoms with Crippen molar-refractivity contribution in [1.29, 1.82) is 5.26 Å². The summed E-state index contributed by atoms with van der Waals surface area (Å²) in [4.78, 5) is 2.53. The Morgan fingerprint density at radius 3 is 2.44 bits per heavy atom. The van der Waals surface area contributed by atoms with Crippen molar-refractivity contribution >= 4 is 20.9 Å². The maximum atomic E-state index is 13.0. The van der Waals surface area contributed by atoms with Crippen molar-refractivity contribution in [3.05, 3.63) is 65.9 Å². The third-order valence-electron chi connectivity index (χ3n) is 4.67. The van der Waals surface area contributed by atoms with E-state index in [1.54, 1.807) is 6.20 Å². The first-order valence-corrected chi connectivity index (χ1v) is 9.61. The van der Waals surface area contributed by atoms with Crippen molar-refractivity contribution in [3.8, 4) is 6.07 Å². The first-order chi connectivity index (χ1) is 12.1. The molecule has 4 rings (SSSR count). The highest BCUT2D eigenvalue weighted by Crippen LogP contribution is 2.26. The molecule has 0 radical (unpaired) electrons. The van der Waals surface area contributed by atoms with Gasteiger partial charge in [-0.3, -0.25) is 4.90 Å². The van der Waals surface area contributed by atoms with Crippen LogP contribution < -0.4 is 0 Å². The third-order valence-corrected chi connectivity index (χ3v) is 6.37. The van der Waals surface area contributed by atoms with Gasteiger partial charge in [-0.2, -0.15) is 5.26 Å². The monoisotopic (exact) mass is 351 g/mol. The summed E-state index contributed by atoms with van der Waals surface area (Å²) < 4.78 is 27.3. The number of nitriles is 1. The van der Waals surface area contributed by atoms with Crippen LogP contribution in [0.5, 0.6) is 0 Å². The molecule has 1 fully saturated rings. The van der Waals surface area contributed by atoms with Crippen molar-refractivity contribution < 1.29 is 8.42 Å². The number of hydrogen-bond donors (Lipinski definition) is 0. The molecule has 0 saturated carbocycles. The zero-order valence-electron chi connectivity index (χ0n) is 13.6. The second-order valence-corrected chi connectivity index (χ2v) is 8.05. The van der Waals surface area contributed by atoms with Crippen LogP contribution in [0, 0.1) is 11.3 Å². The standard InChI is InChI=1S/C19H17N3O2S/c20-13-15-5-7-17(8-6-15)25(23,24)22-12-9-18-16(3-1-4-19(18)22)14-21-10-2-11-21/h1,3-9,12H,2,10-11,14H2. The summed E-state index contributed by atoms with van der Waals surface area (Å²) in [5.41, 5.74) is 2.27.